The maximum absolute atomic E-state index is 12.3. The second-order valence-electron chi connectivity index (χ2n) is 4.93. The van der Waals surface area contributed by atoms with Gasteiger partial charge in [0, 0.05) is 31.2 Å². The van der Waals surface area contributed by atoms with Gasteiger partial charge < -0.3 is 10.2 Å². The number of carbonyl (C=O) groups is 1. The van der Waals surface area contributed by atoms with Gasteiger partial charge in [-0.05, 0) is 49.6 Å². The lowest BCUT2D eigenvalue weighted by Gasteiger charge is -2.22. The van der Waals surface area contributed by atoms with Crippen LogP contribution in [0.1, 0.15) is 18.1 Å². The largest absolute Gasteiger partial charge is 0.324 e. The van der Waals surface area contributed by atoms with Crippen LogP contribution in [0.25, 0.3) is 0 Å². The fourth-order valence-corrected chi connectivity index (χ4v) is 2.12. The number of para-hydroxylation sites is 1. The van der Waals surface area contributed by atoms with Gasteiger partial charge in [0.15, 0.2) is 0 Å². The number of aromatic nitrogens is 1. The lowest BCUT2D eigenvalue weighted by Crippen LogP contribution is -2.36. The predicted octanol–water partition coefficient (Wildman–Crippen LogP) is 3.49. The highest BCUT2D eigenvalue weighted by atomic mass is 16.2. The molecule has 0 unspecified atom stereocenters. The van der Waals surface area contributed by atoms with Crippen LogP contribution in [-0.4, -0.2) is 29.0 Å². The lowest BCUT2D eigenvalue weighted by molar-refractivity contribution is 0.215. The zero-order valence-corrected chi connectivity index (χ0v) is 12.5. The number of rotatable bonds is 5. The molecule has 1 aromatic heterocycles. The Morgan fingerprint density at radius 3 is 2.57 bits per heavy atom. The van der Waals surface area contributed by atoms with Crippen LogP contribution >= 0.6 is 0 Å². The Morgan fingerprint density at radius 2 is 1.90 bits per heavy atom. The van der Waals surface area contributed by atoms with Crippen molar-refractivity contribution in [2.24, 2.45) is 0 Å². The van der Waals surface area contributed by atoms with E-state index in [4.69, 9.17) is 0 Å². The van der Waals surface area contributed by atoms with Crippen molar-refractivity contribution >= 4 is 11.7 Å². The molecule has 0 atom stereocenters. The van der Waals surface area contributed by atoms with E-state index >= 15 is 0 Å². The number of nitrogens with one attached hydrogen (secondary N) is 1. The highest BCUT2D eigenvalue weighted by molar-refractivity contribution is 5.90. The molecule has 1 N–H and O–H groups in total. The van der Waals surface area contributed by atoms with Gasteiger partial charge in [-0.2, -0.15) is 0 Å². The van der Waals surface area contributed by atoms with E-state index in [2.05, 4.69) is 10.3 Å². The number of anilines is 1. The van der Waals surface area contributed by atoms with E-state index in [9.17, 15) is 4.79 Å². The van der Waals surface area contributed by atoms with E-state index < -0.39 is 0 Å². The maximum atomic E-state index is 12.3. The van der Waals surface area contributed by atoms with Crippen molar-refractivity contribution in [2.45, 2.75) is 20.3 Å². The Hall–Kier alpha value is -2.36. The first-order valence-electron chi connectivity index (χ1n) is 7.21. The molecule has 0 aliphatic heterocycles. The Labute approximate surface area is 125 Å². The second kappa shape index (κ2) is 7.43. The average Bonchev–Trinajstić information content (AvgIpc) is 2.51. The number of benzene rings is 1. The standard InChI is InChI=1S/C17H21N3O/c1-3-20(13-10-15-8-11-18-12-9-15)17(21)19-16-7-5-4-6-14(16)2/h4-9,11-12H,3,10,13H2,1-2H3,(H,19,21). The summed E-state index contributed by atoms with van der Waals surface area (Å²) in [5, 5.41) is 2.97. The van der Waals surface area contributed by atoms with Crippen LogP contribution in [0.4, 0.5) is 10.5 Å². The van der Waals surface area contributed by atoms with E-state index in [0.29, 0.717) is 13.1 Å². The van der Waals surface area contributed by atoms with Gasteiger partial charge in [0.1, 0.15) is 0 Å². The fourth-order valence-electron chi connectivity index (χ4n) is 2.12. The SMILES string of the molecule is CCN(CCc1ccncc1)C(=O)Nc1ccccc1C. The van der Waals surface area contributed by atoms with Gasteiger partial charge in [0.2, 0.25) is 0 Å². The number of urea groups is 1. The molecule has 4 heteroatoms. The molecule has 2 rings (SSSR count). The van der Waals surface area contributed by atoms with Crippen molar-refractivity contribution < 1.29 is 4.79 Å². The van der Waals surface area contributed by atoms with Gasteiger partial charge in [0.25, 0.3) is 0 Å². The normalized spacial score (nSPS) is 10.2. The van der Waals surface area contributed by atoms with Crippen molar-refractivity contribution in [1.29, 1.82) is 0 Å². The Morgan fingerprint density at radius 1 is 1.19 bits per heavy atom. The van der Waals surface area contributed by atoms with Crippen molar-refractivity contribution in [3.05, 3.63) is 59.9 Å². The summed E-state index contributed by atoms with van der Waals surface area (Å²) in [6.45, 7) is 5.36. The van der Waals surface area contributed by atoms with Crippen molar-refractivity contribution in [2.75, 3.05) is 18.4 Å². The summed E-state index contributed by atoms with van der Waals surface area (Å²) in [6, 6.07) is 11.7. The molecule has 110 valence electrons. The van der Waals surface area contributed by atoms with Gasteiger partial charge >= 0.3 is 6.03 Å². The summed E-state index contributed by atoms with van der Waals surface area (Å²) in [7, 11) is 0. The van der Waals surface area contributed by atoms with Crippen LogP contribution in [0, 0.1) is 6.92 Å². The molecule has 4 nitrogen and oxygen atoms in total. The summed E-state index contributed by atoms with van der Waals surface area (Å²) in [5.41, 5.74) is 3.12. The van der Waals surface area contributed by atoms with Crippen molar-refractivity contribution in [1.82, 2.24) is 9.88 Å². The third kappa shape index (κ3) is 4.31. The summed E-state index contributed by atoms with van der Waals surface area (Å²) in [5.74, 6) is 0. The quantitative estimate of drug-likeness (QED) is 0.913. The molecule has 0 spiro atoms. The highest BCUT2D eigenvalue weighted by Crippen LogP contribution is 2.14. The third-order valence-corrected chi connectivity index (χ3v) is 3.48. The zero-order chi connectivity index (χ0) is 15.1. The van der Waals surface area contributed by atoms with E-state index in [1.54, 1.807) is 12.4 Å². The van der Waals surface area contributed by atoms with E-state index in [-0.39, 0.29) is 6.03 Å². The van der Waals surface area contributed by atoms with Crippen LogP contribution in [0.5, 0.6) is 0 Å². The third-order valence-electron chi connectivity index (χ3n) is 3.48. The minimum atomic E-state index is -0.0548. The van der Waals surface area contributed by atoms with Gasteiger partial charge in [0.05, 0.1) is 0 Å². The Kier molecular flexibility index (Phi) is 5.32. The van der Waals surface area contributed by atoms with Gasteiger partial charge in [-0.25, -0.2) is 4.79 Å². The highest BCUT2D eigenvalue weighted by Gasteiger charge is 2.12. The molecule has 2 amide bonds. The number of likely N-dealkylation sites (N-methyl/N-ethyl adjacent to an activating group) is 1. The van der Waals surface area contributed by atoms with Crippen molar-refractivity contribution in [3.63, 3.8) is 0 Å². The van der Waals surface area contributed by atoms with Crippen LogP contribution < -0.4 is 5.32 Å². The number of hydrogen-bond acceptors (Lipinski definition) is 2. The predicted molar refractivity (Wildman–Crippen MR) is 85.4 cm³/mol. The number of amides is 2. The smallest absolute Gasteiger partial charge is 0.321 e. The lowest BCUT2D eigenvalue weighted by atomic mass is 10.2. The van der Waals surface area contributed by atoms with E-state index in [1.165, 1.54) is 5.56 Å². The van der Waals surface area contributed by atoms with E-state index in [0.717, 1.165) is 17.7 Å². The molecule has 0 saturated carbocycles. The van der Waals surface area contributed by atoms with Crippen LogP contribution in [0.15, 0.2) is 48.8 Å². The van der Waals surface area contributed by atoms with Crippen LogP contribution in [0.2, 0.25) is 0 Å². The van der Waals surface area contributed by atoms with Gasteiger partial charge in [-0.15, -0.1) is 0 Å². The minimum Gasteiger partial charge on any atom is -0.324 e. The topological polar surface area (TPSA) is 45.2 Å². The van der Waals surface area contributed by atoms with Crippen molar-refractivity contribution in [3.8, 4) is 0 Å². The molecule has 0 aliphatic carbocycles. The summed E-state index contributed by atoms with van der Waals surface area (Å²) < 4.78 is 0. The molecular weight excluding hydrogens is 262 g/mol. The first-order chi connectivity index (χ1) is 10.2. The molecule has 0 aliphatic rings. The Bertz CT molecular complexity index is 584. The van der Waals surface area contributed by atoms with Crippen LogP contribution in [-0.2, 0) is 6.42 Å². The average molecular weight is 283 g/mol. The first-order valence-corrected chi connectivity index (χ1v) is 7.21. The maximum Gasteiger partial charge on any atom is 0.321 e. The number of nitrogens with zero attached hydrogens (tertiary/aromatic N) is 2. The monoisotopic (exact) mass is 283 g/mol. The minimum absolute atomic E-state index is 0.0548. The molecule has 0 radical (unpaired) electrons. The number of hydrogen-bond donors (Lipinski definition) is 1. The summed E-state index contributed by atoms with van der Waals surface area (Å²) >= 11 is 0. The second-order valence-corrected chi connectivity index (χ2v) is 4.93. The Balaban J connectivity index is 1.94. The van der Waals surface area contributed by atoms with Crippen LogP contribution in [0.3, 0.4) is 0 Å². The number of carbonyl (C=O) groups excluding carboxylic acids is 1. The molecule has 21 heavy (non-hydrogen) atoms. The molecule has 1 aromatic carbocycles. The zero-order valence-electron chi connectivity index (χ0n) is 12.5. The van der Waals surface area contributed by atoms with E-state index in [1.807, 2.05) is 55.1 Å². The fraction of sp³-hybridized carbons (Fsp3) is 0.294. The molecule has 1 heterocycles. The molecule has 2 aromatic rings. The molecular formula is C17H21N3O. The summed E-state index contributed by atoms with van der Waals surface area (Å²) in [4.78, 5) is 18.1. The van der Waals surface area contributed by atoms with Gasteiger partial charge in [-0.3, -0.25) is 4.98 Å². The number of pyridine rings is 1. The molecule has 0 bridgehead atoms. The van der Waals surface area contributed by atoms with Gasteiger partial charge in [-0.1, -0.05) is 18.2 Å². The number of aryl methyl sites for hydroxylation is 1. The first kappa shape index (κ1) is 15.0. The molecule has 0 saturated heterocycles. The molecule has 0 fully saturated rings. The summed E-state index contributed by atoms with van der Waals surface area (Å²) in [6.07, 6.45) is 4.38.